The van der Waals surface area contributed by atoms with Crippen LogP contribution in [-0.2, 0) is 9.53 Å². The summed E-state index contributed by atoms with van der Waals surface area (Å²) in [6.45, 7) is 3.35. The van der Waals surface area contributed by atoms with Crippen LogP contribution >= 0.6 is 0 Å². The molecule has 2 atom stereocenters. The third-order valence-electron chi connectivity index (χ3n) is 3.60. The Hall–Kier alpha value is -1.43. The molecule has 1 aliphatic heterocycles. The molecule has 1 aromatic rings. The minimum atomic E-state index is -0.294. The summed E-state index contributed by atoms with van der Waals surface area (Å²) < 4.78 is 5.63. The number of carbonyl (C=O) groups is 1. The summed E-state index contributed by atoms with van der Waals surface area (Å²) in [4.78, 5) is 14.4. The molecule has 5 heteroatoms. The second-order valence-corrected chi connectivity index (χ2v) is 5.20. The van der Waals surface area contributed by atoms with Crippen LogP contribution in [0.15, 0.2) is 30.3 Å². The van der Waals surface area contributed by atoms with Gasteiger partial charge in [-0.3, -0.25) is 4.79 Å². The molecule has 1 amide bonds. The predicted octanol–water partition coefficient (Wildman–Crippen LogP) is 0.176. The van der Waals surface area contributed by atoms with Crippen LogP contribution in [0.5, 0.6) is 0 Å². The molecule has 20 heavy (non-hydrogen) atoms. The van der Waals surface area contributed by atoms with Gasteiger partial charge in [-0.1, -0.05) is 30.3 Å². The minimum Gasteiger partial charge on any atom is -0.374 e. The summed E-state index contributed by atoms with van der Waals surface area (Å²) in [6, 6.07) is 9.64. The SMILES string of the molecule is CN1CCOC(CNC(=O)C(CN)c2ccccc2)C1. The molecule has 3 N–H and O–H groups in total. The molecule has 0 radical (unpaired) electrons. The Bertz CT molecular complexity index is 424. The highest BCUT2D eigenvalue weighted by Gasteiger charge is 2.22. The van der Waals surface area contributed by atoms with E-state index in [1.54, 1.807) is 0 Å². The molecule has 110 valence electrons. The first-order valence-corrected chi connectivity index (χ1v) is 7.03. The van der Waals surface area contributed by atoms with E-state index in [0.717, 1.165) is 25.3 Å². The number of carbonyl (C=O) groups excluding carboxylic acids is 1. The molecule has 1 saturated heterocycles. The fourth-order valence-corrected chi connectivity index (χ4v) is 2.41. The van der Waals surface area contributed by atoms with Crippen molar-refractivity contribution < 1.29 is 9.53 Å². The van der Waals surface area contributed by atoms with Crippen molar-refractivity contribution in [1.29, 1.82) is 0 Å². The Kier molecular flexibility index (Phi) is 5.52. The maximum atomic E-state index is 12.2. The standard InChI is InChI=1S/C15H23N3O2/c1-18-7-8-20-13(11-18)10-17-15(19)14(9-16)12-5-3-2-4-6-12/h2-6,13-14H,7-11,16H2,1H3,(H,17,19). The van der Waals surface area contributed by atoms with Gasteiger partial charge < -0.3 is 20.7 Å². The maximum Gasteiger partial charge on any atom is 0.228 e. The van der Waals surface area contributed by atoms with Gasteiger partial charge in [-0.15, -0.1) is 0 Å². The molecule has 0 aliphatic carbocycles. The first-order chi connectivity index (χ1) is 9.70. The van der Waals surface area contributed by atoms with Crippen molar-refractivity contribution in [2.45, 2.75) is 12.0 Å². The van der Waals surface area contributed by atoms with Crippen LogP contribution in [0.2, 0.25) is 0 Å². The summed E-state index contributed by atoms with van der Waals surface area (Å²) >= 11 is 0. The molecule has 2 rings (SSSR count). The first-order valence-electron chi connectivity index (χ1n) is 7.03. The lowest BCUT2D eigenvalue weighted by molar-refractivity contribution is -0.123. The second kappa shape index (κ2) is 7.38. The molecule has 0 aromatic heterocycles. The van der Waals surface area contributed by atoms with Gasteiger partial charge in [-0.05, 0) is 12.6 Å². The lowest BCUT2D eigenvalue weighted by atomic mass is 9.98. The fourth-order valence-electron chi connectivity index (χ4n) is 2.41. The van der Waals surface area contributed by atoms with Gasteiger partial charge in [0.05, 0.1) is 18.6 Å². The number of hydrogen-bond donors (Lipinski definition) is 2. The van der Waals surface area contributed by atoms with Gasteiger partial charge in [0.25, 0.3) is 0 Å². The number of ether oxygens (including phenoxy) is 1. The van der Waals surface area contributed by atoms with Crippen LogP contribution in [0.25, 0.3) is 0 Å². The van der Waals surface area contributed by atoms with E-state index in [2.05, 4.69) is 17.3 Å². The topological polar surface area (TPSA) is 67.6 Å². The highest BCUT2D eigenvalue weighted by molar-refractivity contribution is 5.83. The summed E-state index contributed by atoms with van der Waals surface area (Å²) in [6.07, 6.45) is 0.0619. The van der Waals surface area contributed by atoms with E-state index in [9.17, 15) is 4.79 Å². The number of morpholine rings is 1. The number of nitrogens with zero attached hydrogens (tertiary/aromatic N) is 1. The van der Waals surface area contributed by atoms with Gasteiger partial charge in [0.15, 0.2) is 0 Å². The summed E-state index contributed by atoms with van der Waals surface area (Å²) in [5.74, 6) is -0.326. The zero-order valence-electron chi connectivity index (χ0n) is 11.9. The van der Waals surface area contributed by atoms with E-state index in [0.29, 0.717) is 13.1 Å². The molecule has 0 saturated carbocycles. The molecular weight excluding hydrogens is 254 g/mol. The fraction of sp³-hybridized carbons (Fsp3) is 0.533. The Morgan fingerprint density at radius 2 is 2.25 bits per heavy atom. The van der Waals surface area contributed by atoms with E-state index in [1.807, 2.05) is 30.3 Å². The maximum absolute atomic E-state index is 12.2. The highest BCUT2D eigenvalue weighted by atomic mass is 16.5. The Labute approximate surface area is 120 Å². The van der Waals surface area contributed by atoms with E-state index >= 15 is 0 Å². The Morgan fingerprint density at radius 3 is 2.90 bits per heavy atom. The van der Waals surface area contributed by atoms with E-state index in [4.69, 9.17) is 10.5 Å². The summed E-state index contributed by atoms with van der Waals surface area (Å²) in [5, 5.41) is 2.95. The van der Waals surface area contributed by atoms with Gasteiger partial charge in [-0.25, -0.2) is 0 Å². The number of nitrogens with one attached hydrogen (secondary N) is 1. The third-order valence-corrected chi connectivity index (χ3v) is 3.60. The largest absolute Gasteiger partial charge is 0.374 e. The molecule has 0 bridgehead atoms. The van der Waals surface area contributed by atoms with Gasteiger partial charge in [0, 0.05) is 26.2 Å². The average Bonchev–Trinajstić information content (AvgIpc) is 2.47. The third kappa shape index (κ3) is 4.03. The van der Waals surface area contributed by atoms with Gasteiger partial charge in [0.1, 0.15) is 0 Å². The molecule has 0 spiro atoms. The van der Waals surface area contributed by atoms with Crippen molar-refractivity contribution in [3.63, 3.8) is 0 Å². The van der Waals surface area contributed by atoms with Crippen LogP contribution in [0.3, 0.4) is 0 Å². The van der Waals surface area contributed by atoms with E-state index < -0.39 is 0 Å². The molecule has 1 aromatic carbocycles. The van der Waals surface area contributed by atoms with Crippen molar-refractivity contribution >= 4 is 5.91 Å². The summed E-state index contributed by atoms with van der Waals surface area (Å²) in [5.41, 5.74) is 6.69. The van der Waals surface area contributed by atoms with Gasteiger partial charge in [-0.2, -0.15) is 0 Å². The van der Waals surface area contributed by atoms with Crippen molar-refractivity contribution in [2.24, 2.45) is 5.73 Å². The van der Waals surface area contributed by atoms with Gasteiger partial charge >= 0.3 is 0 Å². The Morgan fingerprint density at radius 1 is 1.50 bits per heavy atom. The number of nitrogens with two attached hydrogens (primary N) is 1. The smallest absolute Gasteiger partial charge is 0.228 e. The molecule has 5 nitrogen and oxygen atoms in total. The number of amides is 1. The van der Waals surface area contributed by atoms with Crippen LogP contribution in [-0.4, -0.2) is 56.7 Å². The molecular formula is C15H23N3O2. The zero-order chi connectivity index (χ0) is 14.4. The van der Waals surface area contributed by atoms with Crippen LogP contribution < -0.4 is 11.1 Å². The van der Waals surface area contributed by atoms with Crippen molar-refractivity contribution in [3.05, 3.63) is 35.9 Å². The Balaban J connectivity index is 1.87. The second-order valence-electron chi connectivity index (χ2n) is 5.20. The number of hydrogen-bond acceptors (Lipinski definition) is 4. The molecule has 1 aliphatic rings. The minimum absolute atomic E-state index is 0.0319. The van der Waals surface area contributed by atoms with Crippen molar-refractivity contribution in [3.8, 4) is 0 Å². The normalized spacial score (nSPS) is 21.4. The van der Waals surface area contributed by atoms with E-state index in [1.165, 1.54) is 0 Å². The number of rotatable bonds is 5. The van der Waals surface area contributed by atoms with Crippen LogP contribution in [0.1, 0.15) is 11.5 Å². The zero-order valence-corrected chi connectivity index (χ0v) is 11.9. The first kappa shape index (κ1) is 15.0. The predicted molar refractivity (Wildman–Crippen MR) is 78.5 cm³/mol. The highest BCUT2D eigenvalue weighted by Crippen LogP contribution is 2.14. The monoisotopic (exact) mass is 277 g/mol. The van der Waals surface area contributed by atoms with Crippen molar-refractivity contribution in [1.82, 2.24) is 10.2 Å². The quantitative estimate of drug-likeness (QED) is 0.805. The van der Waals surface area contributed by atoms with Gasteiger partial charge in [0.2, 0.25) is 5.91 Å². The van der Waals surface area contributed by atoms with Crippen LogP contribution in [0, 0.1) is 0 Å². The molecule has 1 fully saturated rings. The number of likely N-dealkylation sites (N-methyl/N-ethyl adjacent to an activating group) is 1. The van der Waals surface area contributed by atoms with Crippen LogP contribution in [0.4, 0.5) is 0 Å². The van der Waals surface area contributed by atoms with E-state index in [-0.39, 0.29) is 17.9 Å². The molecule has 1 heterocycles. The lowest BCUT2D eigenvalue weighted by Gasteiger charge is -2.30. The average molecular weight is 277 g/mol. The van der Waals surface area contributed by atoms with Crippen molar-refractivity contribution in [2.75, 3.05) is 39.8 Å². The number of benzene rings is 1. The lowest BCUT2D eigenvalue weighted by Crippen LogP contribution is -2.47. The summed E-state index contributed by atoms with van der Waals surface area (Å²) in [7, 11) is 2.06. The molecule has 2 unspecified atom stereocenters.